The van der Waals surface area contributed by atoms with Crippen LogP contribution in [-0.4, -0.2) is 102 Å². The molecular weight excluding hydrogens is 1050 g/mol. The number of carbonyl (C=O) groups is 3. The van der Waals surface area contributed by atoms with Crippen molar-refractivity contribution in [3.05, 3.63) is 111 Å². The molecule has 0 aromatic heterocycles. The van der Waals surface area contributed by atoms with Crippen LogP contribution in [0.3, 0.4) is 0 Å². The Morgan fingerprint density at radius 3 is 2.48 bits per heavy atom. The van der Waals surface area contributed by atoms with E-state index in [1.807, 2.05) is 24.3 Å². The summed E-state index contributed by atoms with van der Waals surface area (Å²) in [5, 5.41) is 83.4. The number of ether oxygens (including phenoxy) is 2. The number of carbonyl (C=O) groups excluding carboxylic acids is 3. The molecule has 4 heterocycles. The van der Waals surface area contributed by atoms with Gasteiger partial charge in [-0.25, -0.2) is 0 Å². The molecule has 7 saturated carbocycles. The van der Waals surface area contributed by atoms with Crippen molar-refractivity contribution >= 4 is 39.4 Å². The Morgan fingerprint density at radius 2 is 1.65 bits per heavy atom. The van der Waals surface area contributed by atoms with E-state index in [1.165, 1.54) is 91.2 Å². The molecule has 13 nitrogen and oxygen atoms in total. The maximum atomic E-state index is 15.9. The Morgan fingerprint density at radius 1 is 0.838 bits per heavy atom. The smallest absolute Gasteiger partial charge is 0.240 e. The van der Waals surface area contributed by atoms with Gasteiger partial charge in [-0.05, 0) is 188 Å². The van der Waals surface area contributed by atoms with Gasteiger partial charge in [0.05, 0.1) is 36.4 Å². The van der Waals surface area contributed by atoms with E-state index in [0.717, 1.165) is 54.6 Å². The lowest BCUT2D eigenvalue weighted by atomic mass is 9.42. The number of allylic oxidation sites excluding steroid dienone is 6. The van der Waals surface area contributed by atoms with Gasteiger partial charge in [-0.1, -0.05) is 83.3 Å². The van der Waals surface area contributed by atoms with E-state index in [2.05, 4.69) is 16.7 Å². The molecule has 9 fully saturated rings. The predicted octanol–water partition coefficient (Wildman–Crippen LogP) is 8.73. The highest BCUT2D eigenvalue weighted by Crippen LogP contribution is 2.82. The number of dihydropyridines is 1. The first-order valence-electron chi connectivity index (χ1n) is 30.3. The van der Waals surface area contributed by atoms with Gasteiger partial charge in [-0.15, -0.1) is 0 Å². The first-order valence-corrected chi connectivity index (χ1v) is 32.8. The molecule has 17 rings (SSSR count). The summed E-state index contributed by atoms with van der Waals surface area (Å²) in [7, 11) is 2.90. The number of fused-ring (bicyclic) bond motifs is 1. The minimum Gasteiger partial charge on any atom is -0.511 e. The molecule has 424 valence electrons. The fraction of sp³-hybridized carbons (Fsp3) is 0.646. The summed E-state index contributed by atoms with van der Waals surface area (Å²) in [4.78, 5) is 45.3. The van der Waals surface area contributed by atoms with Gasteiger partial charge in [-0.3, -0.25) is 9.59 Å². The van der Waals surface area contributed by atoms with Gasteiger partial charge in [0.2, 0.25) is 5.79 Å². The highest BCUT2D eigenvalue weighted by atomic mass is 33.1. The van der Waals surface area contributed by atoms with Crippen molar-refractivity contribution in [3.63, 3.8) is 0 Å². The lowest BCUT2D eigenvalue weighted by Gasteiger charge is -2.72. The van der Waals surface area contributed by atoms with Crippen molar-refractivity contribution < 1.29 is 54.5 Å². The first kappa shape index (κ1) is 51.7. The fourth-order valence-electron chi connectivity index (χ4n) is 23.0. The van der Waals surface area contributed by atoms with Crippen LogP contribution in [0.1, 0.15) is 147 Å². The third kappa shape index (κ3) is 6.37. The van der Waals surface area contributed by atoms with Crippen LogP contribution in [0, 0.1) is 73.9 Å². The minimum atomic E-state index is -2.32. The van der Waals surface area contributed by atoms with Crippen LogP contribution in [0.2, 0.25) is 0 Å². The van der Waals surface area contributed by atoms with Gasteiger partial charge in [0.15, 0.2) is 17.7 Å². The molecule has 15 heteroatoms. The van der Waals surface area contributed by atoms with E-state index in [4.69, 9.17) is 9.47 Å². The number of aliphatic hydroxyl groups is 6. The largest absolute Gasteiger partial charge is 0.511 e. The summed E-state index contributed by atoms with van der Waals surface area (Å²) in [6, 6.07) is 12.3. The molecule has 0 amide bonds. The zero-order valence-electron chi connectivity index (χ0n) is 45.6. The molecule has 15 aliphatic rings. The molecular formula is C65H76N2O11S2. The Bertz CT molecular complexity index is 3180. The van der Waals surface area contributed by atoms with Crippen LogP contribution in [0.25, 0.3) is 0 Å². The second-order valence-corrected chi connectivity index (χ2v) is 30.9. The molecule has 2 aromatic carbocycles. The summed E-state index contributed by atoms with van der Waals surface area (Å²) >= 11 is 0. The van der Waals surface area contributed by atoms with Crippen LogP contribution >= 0.6 is 21.6 Å². The predicted molar refractivity (Wildman–Crippen MR) is 301 cm³/mol. The fourth-order valence-corrected chi connectivity index (χ4v) is 25.3. The van der Waals surface area contributed by atoms with Gasteiger partial charge in [0, 0.05) is 41.5 Å². The molecule has 2 aromatic rings. The van der Waals surface area contributed by atoms with Crippen LogP contribution in [0.5, 0.6) is 5.75 Å². The number of Topliss-reactive ketones (excluding diaryl/α,β-unsaturated/α-hetero) is 2. The molecule has 80 heavy (non-hydrogen) atoms. The van der Waals surface area contributed by atoms with Crippen LogP contribution in [0.15, 0.2) is 89.0 Å². The topological polar surface area (TPSA) is 215 Å². The Kier molecular flexibility index (Phi) is 11.2. The maximum Gasteiger partial charge on any atom is 0.240 e. The van der Waals surface area contributed by atoms with Gasteiger partial charge < -0.3 is 55.5 Å². The van der Waals surface area contributed by atoms with Crippen LogP contribution in [0.4, 0.5) is 0 Å². The van der Waals surface area contributed by atoms with E-state index in [9.17, 15) is 35.4 Å². The van der Waals surface area contributed by atoms with E-state index in [1.54, 1.807) is 30.4 Å². The lowest BCUT2D eigenvalue weighted by molar-refractivity contribution is -0.461. The average Bonchev–Trinajstić information content (AvgIpc) is 4.48. The van der Waals surface area contributed by atoms with Crippen molar-refractivity contribution in [1.29, 1.82) is 0 Å². The molecule has 7 spiro atoms. The number of hydrogen-bond acceptors (Lipinski definition) is 15. The maximum absolute atomic E-state index is 15.9. The van der Waals surface area contributed by atoms with Crippen molar-refractivity contribution in [2.75, 3.05) is 24.8 Å². The van der Waals surface area contributed by atoms with E-state index < -0.39 is 70.2 Å². The summed E-state index contributed by atoms with van der Waals surface area (Å²) in [6.45, 7) is -0.219. The van der Waals surface area contributed by atoms with E-state index in [0.29, 0.717) is 54.5 Å². The minimum absolute atomic E-state index is 0.0287. The van der Waals surface area contributed by atoms with Gasteiger partial charge in [0.25, 0.3) is 0 Å². The third-order valence-corrected chi connectivity index (χ3v) is 27.9. The van der Waals surface area contributed by atoms with Crippen LogP contribution < -0.4 is 15.4 Å². The molecule has 11 aliphatic carbocycles. The number of aldehydes is 1. The quantitative estimate of drug-likeness (QED) is 0.104. The zero-order chi connectivity index (χ0) is 54.6. The van der Waals surface area contributed by atoms with Gasteiger partial charge in [0.1, 0.15) is 40.5 Å². The molecule has 4 aliphatic heterocycles. The summed E-state index contributed by atoms with van der Waals surface area (Å²) in [5.74, 6) is -4.62. The van der Waals surface area contributed by atoms with Crippen molar-refractivity contribution in [3.8, 4) is 5.75 Å². The molecule has 2 saturated heterocycles. The van der Waals surface area contributed by atoms with Gasteiger partial charge >= 0.3 is 0 Å². The lowest BCUT2D eigenvalue weighted by Crippen LogP contribution is -2.88. The van der Waals surface area contributed by atoms with Crippen molar-refractivity contribution in [2.24, 2.45) is 73.9 Å². The number of ketones is 2. The standard InChI is InChI=1S/C65H76N2O11S2/c68-28-37-7-3-6-36(18-37)19-38-20-47-52(72)42-8-4-9-48-51(42)54(73)62(47,49(71)21-38)34-79-80-35-67-50-24-46-44(27-66-50)39-22-40-26-58(30-57(25-41(58)29-69)16-17-60(31-57)14-5-13-59(60)11-1-2-12-59)32-61(40,46)53-43(23-39)45-10-15-64(77-48)56(75)65(53,76)55(74)63(45,33-70)78-64/h3-4,6-9,18,20-21,24,29,39-41,43,45,47,53,55-56,66-68,70-71,74-76H,1-2,5,10-17,19,22-23,25-28,30-35H2. The second kappa shape index (κ2) is 17.4. The third-order valence-electron chi connectivity index (χ3n) is 25.7. The molecule has 17 unspecified atom stereocenters. The Labute approximate surface area is 475 Å². The highest BCUT2D eigenvalue weighted by Gasteiger charge is 2.84. The van der Waals surface area contributed by atoms with E-state index in [-0.39, 0.29) is 81.7 Å². The number of benzene rings is 2. The summed E-state index contributed by atoms with van der Waals surface area (Å²) < 4.78 is 14.3. The number of aliphatic hydroxyl groups excluding tert-OH is 5. The zero-order valence-corrected chi connectivity index (χ0v) is 47.2. The second-order valence-electron chi connectivity index (χ2n) is 28.5. The first-order chi connectivity index (χ1) is 38.6. The molecule has 10 bridgehead atoms. The number of rotatable bonds is 5. The SMILES string of the molecule is O=CC1CC2(CCC3(CCCC34CCCC4)C2)CC12CC1CC3CC4C5CCC67Oc8cccc9c8C(=O)C8(CSSCNC%10=CC(=C3CN%10)C1(C2)C4C(O)(C6O)C(O)C5(CO)O7)C(O)=CC(Cc1cccc(CO)c1)=CC8C9=O. The Hall–Kier alpha value is -3.93. The van der Waals surface area contributed by atoms with E-state index >= 15 is 9.59 Å². The van der Waals surface area contributed by atoms with Gasteiger partial charge in [-0.2, -0.15) is 0 Å². The molecule has 8 N–H and O–H groups in total. The number of nitrogens with one attached hydrogen (secondary N) is 2. The normalized spacial score (nSPS) is 46.8. The van der Waals surface area contributed by atoms with Crippen molar-refractivity contribution in [1.82, 2.24) is 10.6 Å². The van der Waals surface area contributed by atoms with Crippen molar-refractivity contribution in [2.45, 2.75) is 158 Å². The molecule has 17 atom stereocenters. The number of hydrogen-bond donors (Lipinski definition) is 8. The average molecular weight is 1130 g/mol. The Balaban J connectivity index is 0.839. The summed E-state index contributed by atoms with van der Waals surface area (Å²) in [6.07, 6.45) is 21.9. The summed E-state index contributed by atoms with van der Waals surface area (Å²) in [5.41, 5.74) is -1.38. The molecule has 0 radical (unpaired) electrons. The highest BCUT2D eigenvalue weighted by molar-refractivity contribution is 8.76. The monoisotopic (exact) mass is 1120 g/mol. The van der Waals surface area contributed by atoms with Crippen LogP contribution in [-0.2, 0) is 22.6 Å².